The Bertz CT molecular complexity index is 1440. The third kappa shape index (κ3) is 59.1. The molecule has 0 aliphatic rings. The first-order valence-electron chi connectivity index (χ1n) is 30.7. The molecule has 6 heteroatoms. The van der Waals surface area contributed by atoms with E-state index in [0.29, 0.717) is 19.3 Å². The Morgan fingerprint density at radius 3 is 0.836 bits per heavy atom. The van der Waals surface area contributed by atoms with Crippen molar-refractivity contribution in [1.82, 2.24) is 0 Å². The Morgan fingerprint density at radius 2 is 0.534 bits per heavy atom. The van der Waals surface area contributed by atoms with Gasteiger partial charge in [0.2, 0.25) is 0 Å². The van der Waals surface area contributed by atoms with Crippen molar-refractivity contribution in [2.45, 2.75) is 297 Å². The molecule has 0 N–H and O–H groups in total. The van der Waals surface area contributed by atoms with Gasteiger partial charge in [0, 0.05) is 19.3 Å². The molecule has 0 aromatic heterocycles. The van der Waals surface area contributed by atoms with Crippen LogP contribution < -0.4 is 0 Å². The molecule has 0 radical (unpaired) electrons. The van der Waals surface area contributed by atoms with Gasteiger partial charge in [-0.25, -0.2) is 0 Å². The second-order valence-electron chi connectivity index (χ2n) is 20.2. The molecule has 0 saturated carbocycles. The van der Waals surface area contributed by atoms with Crippen LogP contribution in [0.4, 0.5) is 0 Å². The van der Waals surface area contributed by atoms with Crippen molar-refractivity contribution in [1.29, 1.82) is 0 Å². The lowest BCUT2D eigenvalue weighted by Gasteiger charge is -2.18. The standard InChI is InChI=1S/C67H114O6/c1-4-7-10-13-15-17-19-21-23-24-25-26-27-28-29-30-31-32-33-34-35-36-37-38-39-40-41-42-44-45-47-49-51-54-57-60-66(69)72-63-64(62-71-65(68)59-56-53-12-9-6-3)73-67(70)61-58-55-52-50-48-46-43-22-20-18-16-14-11-8-5-2/h7,10,15,17,21,23,25-26,28-29,31-32,34-35,37-38,64H,4-6,8-9,11-14,16,18-20,22,24,27,30,33,36,39-63H2,1-3H3/b10-7-,17-15-,23-21-,26-25-,29-28-,32-31-,35-34-,38-37-. The van der Waals surface area contributed by atoms with Crippen LogP contribution in [0.15, 0.2) is 97.2 Å². The summed E-state index contributed by atoms with van der Waals surface area (Å²) in [6.45, 7) is 6.45. The molecule has 73 heavy (non-hydrogen) atoms. The predicted molar refractivity (Wildman–Crippen MR) is 316 cm³/mol. The van der Waals surface area contributed by atoms with Crippen molar-refractivity contribution < 1.29 is 28.6 Å². The van der Waals surface area contributed by atoms with Crippen molar-refractivity contribution in [3.05, 3.63) is 97.2 Å². The van der Waals surface area contributed by atoms with Crippen LogP contribution in [0.25, 0.3) is 0 Å². The van der Waals surface area contributed by atoms with Crippen molar-refractivity contribution in [3.8, 4) is 0 Å². The summed E-state index contributed by atoms with van der Waals surface area (Å²) in [5, 5.41) is 0. The van der Waals surface area contributed by atoms with Gasteiger partial charge in [0.15, 0.2) is 6.10 Å². The van der Waals surface area contributed by atoms with Crippen molar-refractivity contribution in [2.75, 3.05) is 13.2 Å². The summed E-state index contributed by atoms with van der Waals surface area (Å²) in [7, 11) is 0. The van der Waals surface area contributed by atoms with E-state index in [-0.39, 0.29) is 31.1 Å². The summed E-state index contributed by atoms with van der Waals surface area (Å²) in [6.07, 6.45) is 81.7. The summed E-state index contributed by atoms with van der Waals surface area (Å²) >= 11 is 0. The smallest absolute Gasteiger partial charge is 0.306 e. The topological polar surface area (TPSA) is 78.9 Å². The van der Waals surface area contributed by atoms with Crippen molar-refractivity contribution in [3.63, 3.8) is 0 Å². The Morgan fingerprint density at radius 1 is 0.288 bits per heavy atom. The Balaban J connectivity index is 4.00. The molecule has 0 aromatic carbocycles. The molecule has 0 amide bonds. The average Bonchev–Trinajstić information content (AvgIpc) is 3.39. The van der Waals surface area contributed by atoms with Crippen LogP contribution in [0.5, 0.6) is 0 Å². The Hall–Kier alpha value is -3.67. The fraction of sp³-hybridized carbons (Fsp3) is 0.716. The third-order valence-electron chi connectivity index (χ3n) is 13.1. The molecule has 0 fully saturated rings. The van der Waals surface area contributed by atoms with Crippen LogP contribution in [0, 0.1) is 0 Å². The minimum atomic E-state index is -0.772. The number of hydrogen-bond donors (Lipinski definition) is 0. The highest BCUT2D eigenvalue weighted by Crippen LogP contribution is 2.16. The molecule has 1 unspecified atom stereocenters. The highest BCUT2D eigenvalue weighted by molar-refractivity contribution is 5.71. The molecule has 418 valence electrons. The largest absolute Gasteiger partial charge is 0.462 e. The molecular formula is C67H114O6. The van der Waals surface area contributed by atoms with Gasteiger partial charge in [-0.3, -0.25) is 14.4 Å². The maximum absolute atomic E-state index is 12.8. The lowest BCUT2D eigenvalue weighted by atomic mass is 10.0. The first-order valence-corrected chi connectivity index (χ1v) is 30.7. The first-order chi connectivity index (χ1) is 36.0. The van der Waals surface area contributed by atoms with E-state index in [1.165, 1.54) is 135 Å². The number of hydrogen-bond acceptors (Lipinski definition) is 6. The summed E-state index contributed by atoms with van der Waals surface area (Å²) in [6, 6.07) is 0. The second kappa shape index (κ2) is 60.9. The molecule has 0 aromatic rings. The van der Waals surface area contributed by atoms with Gasteiger partial charge in [-0.15, -0.1) is 0 Å². The molecule has 1 atom stereocenters. The SMILES string of the molecule is CC/C=C\C/C=C\C/C=C\C/C=C\C/C=C\C/C=C\C/C=C\C/C=C\CCCCCCCCCCCCC(=O)OCC(COC(=O)CCCCCCC)OC(=O)CCCCCCCCCCCCCCCCC. The zero-order chi connectivity index (χ0) is 52.9. The van der Waals surface area contributed by atoms with Gasteiger partial charge in [-0.1, -0.05) is 285 Å². The molecule has 0 spiro atoms. The van der Waals surface area contributed by atoms with Gasteiger partial charge in [0.1, 0.15) is 13.2 Å². The molecule has 0 aliphatic carbocycles. The van der Waals surface area contributed by atoms with Gasteiger partial charge in [-0.2, -0.15) is 0 Å². The zero-order valence-corrected chi connectivity index (χ0v) is 47.9. The van der Waals surface area contributed by atoms with Crippen LogP contribution in [-0.4, -0.2) is 37.2 Å². The van der Waals surface area contributed by atoms with E-state index < -0.39 is 6.10 Å². The first kappa shape index (κ1) is 69.3. The van der Waals surface area contributed by atoms with Crippen molar-refractivity contribution in [2.24, 2.45) is 0 Å². The predicted octanol–water partition coefficient (Wildman–Crippen LogP) is 20.9. The fourth-order valence-corrected chi connectivity index (χ4v) is 8.52. The number of unbranched alkanes of at least 4 members (excludes halogenated alkanes) is 28. The van der Waals surface area contributed by atoms with Crippen LogP contribution in [-0.2, 0) is 28.6 Å². The number of ether oxygens (including phenoxy) is 3. The summed E-state index contributed by atoms with van der Waals surface area (Å²) in [4.78, 5) is 37.8. The number of rotatable bonds is 55. The second-order valence-corrected chi connectivity index (χ2v) is 20.2. The highest BCUT2D eigenvalue weighted by atomic mass is 16.6. The van der Waals surface area contributed by atoms with E-state index in [4.69, 9.17) is 14.2 Å². The molecule has 0 saturated heterocycles. The van der Waals surface area contributed by atoms with E-state index in [1.54, 1.807) is 0 Å². The fourth-order valence-electron chi connectivity index (χ4n) is 8.52. The van der Waals surface area contributed by atoms with E-state index in [9.17, 15) is 14.4 Å². The van der Waals surface area contributed by atoms with Crippen LogP contribution in [0.3, 0.4) is 0 Å². The van der Waals surface area contributed by atoms with E-state index in [0.717, 1.165) is 116 Å². The summed E-state index contributed by atoms with van der Waals surface area (Å²) in [5.74, 6) is -0.886. The molecule has 0 aliphatic heterocycles. The van der Waals surface area contributed by atoms with E-state index >= 15 is 0 Å². The number of esters is 3. The summed E-state index contributed by atoms with van der Waals surface area (Å²) < 4.78 is 16.7. The molecule has 0 bridgehead atoms. The Labute approximate surface area is 451 Å². The molecule has 0 rings (SSSR count). The number of allylic oxidation sites excluding steroid dienone is 16. The minimum Gasteiger partial charge on any atom is -0.462 e. The van der Waals surface area contributed by atoms with Gasteiger partial charge in [-0.05, 0) is 83.5 Å². The lowest BCUT2D eigenvalue weighted by Crippen LogP contribution is -2.30. The van der Waals surface area contributed by atoms with E-state index in [2.05, 4.69) is 118 Å². The van der Waals surface area contributed by atoms with Crippen LogP contribution >= 0.6 is 0 Å². The minimum absolute atomic E-state index is 0.0755. The maximum Gasteiger partial charge on any atom is 0.306 e. The van der Waals surface area contributed by atoms with Gasteiger partial charge >= 0.3 is 17.9 Å². The monoisotopic (exact) mass is 1010 g/mol. The van der Waals surface area contributed by atoms with Crippen LogP contribution in [0.1, 0.15) is 290 Å². The zero-order valence-electron chi connectivity index (χ0n) is 47.9. The molecule has 6 nitrogen and oxygen atoms in total. The number of carbonyl (C=O) groups is 3. The lowest BCUT2D eigenvalue weighted by molar-refractivity contribution is -0.167. The Kier molecular flexibility index (Phi) is 57.8. The van der Waals surface area contributed by atoms with Crippen LogP contribution in [0.2, 0.25) is 0 Å². The molecular weight excluding hydrogens is 901 g/mol. The molecule has 0 heterocycles. The maximum atomic E-state index is 12.8. The highest BCUT2D eigenvalue weighted by Gasteiger charge is 2.19. The van der Waals surface area contributed by atoms with Gasteiger partial charge in [0.05, 0.1) is 0 Å². The third-order valence-corrected chi connectivity index (χ3v) is 13.1. The quantitative estimate of drug-likeness (QED) is 0.0261. The van der Waals surface area contributed by atoms with Gasteiger partial charge in [0.25, 0.3) is 0 Å². The van der Waals surface area contributed by atoms with Crippen molar-refractivity contribution >= 4 is 17.9 Å². The van der Waals surface area contributed by atoms with E-state index in [1.807, 2.05) is 0 Å². The average molecular weight is 1020 g/mol. The number of carbonyl (C=O) groups excluding carboxylic acids is 3. The van der Waals surface area contributed by atoms with Gasteiger partial charge < -0.3 is 14.2 Å². The summed E-state index contributed by atoms with van der Waals surface area (Å²) in [5.41, 5.74) is 0. The normalized spacial score (nSPS) is 12.8.